The number of amides is 2. The standard InChI is InChI=1S/C16H22N4O/c1-12(2)13-5-4-6-14(11-13)19-16(21)17-9-7-15-8-10-18-20(15)3/h4-6,8,10-12H,7,9H2,1-3H3,(H2,17,19,21). The van der Waals surface area contributed by atoms with Gasteiger partial charge in [-0.1, -0.05) is 26.0 Å². The van der Waals surface area contributed by atoms with Crippen molar-refractivity contribution in [2.75, 3.05) is 11.9 Å². The highest BCUT2D eigenvalue weighted by molar-refractivity contribution is 5.89. The second kappa shape index (κ2) is 6.92. The van der Waals surface area contributed by atoms with Gasteiger partial charge in [-0.15, -0.1) is 0 Å². The van der Waals surface area contributed by atoms with Gasteiger partial charge in [0, 0.05) is 37.6 Å². The zero-order chi connectivity index (χ0) is 15.2. The van der Waals surface area contributed by atoms with Crippen LogP contribution in [0.3, 0.4) is 0 Å². The minimum absolute atomic E-state index is 0.182. The number of aryl methyl sites for hydroxylation is 1. The van der Waals surface area contributed by atoms with Crippen molar-refractivity contribution >= 4 is 11.7 Å². The van der Waals surface area contributed by atoms with Gasteiger partial charge in [0.25, 0.3) is 0 Å². The maximum atomic E-state index is 11.9. The predicted molar refractivity (Wildman–Crippen MR) is 84.5 cm³/mol. The molecule has 21 heavy (non-hydrogen) atoms. The van der Waals surface area contributed by atoms with E-state index in [9.17, 15) is 4.79 Å². The summed E-state index contributed by atoms with van der Waals surface area (Å²) in [5.41, 5.74) is 3.12. The second-order valence-electron chi connectivity index (χ2n) is 5.36. The minimum Gasteiger partial charge on any atom is -0.337 e. The zero-order valence-electron chi connectivity index (χ0n) is 12.8. The van der Waals surface area contributed by atoms with E-state index in [2.05, 4.69) is 35.6 Å². The topological polar surface area (TPSA) is 59.0 Å². The molecule has 0 atom stereocenters. The maximum absolute atomic E-state index is 11.9. The van der Waals surface area contributed by atoms with Crippen molar-refractivity contribution in [2.24, 2.45) is 7.05 Å². The monoisotopic (exact) mass is 286 g/mol. The van der Waals surface area contributed by atoms with Gasteiger partial charge in [0.15, 0.2) is 0 Å². The summed E-state index contributed by atoms with van der Waals surface area (Å²) in [7, 11) is 1.90. The smallest absolute Gasteiger partial charge is 0.319 e. The molecular formula is C16H22N4O. The number of anilines is 1. The van der Waals surface area contributed by atoms with E-state index in [0.29, 0.717) is 12.5 Å². The second-order valence-corrected chi connectivity index (χ2v) is 5.36. The lowest BCUT2D eigenvalue weighted by Gasteiger charge is -2.10. The van der Waals surface area contributed by atoms with Gasteiger partial charge in [0.05, 0.1) is 0 Å². The Morgan fingerprint density at radius 1 is 1.33 bits per heavy atom. The number of carbonyl (C=O) groups is 1. The summed E-state index contributed by atoms with van der Waals surface area (Å²) < 4.78 is 1.81. The van der Waals surface area contributed by atoms with E-state index in [4.69, 9.17) is 0 Å². The van der Waals surface area contributed by atoms with Crippen LogP contribution in [0.2, 0.25) is 0 Å². The van der Waals surface area contributed by atoms with Crippen molar-refractivity contribution in [1.82, 2.24) is 15.1 Å². The van der Waals surface area contributed by atoms with E-state index in [0.717, 1.165) is 17.8 Å². The fraction of sp³-hybridized carbons (Fsp3) is 0.375. The average molecular weight is 286 g/mol. The van der Waals surface area contributed by atoms with Gasteiger partial charge < -0.3 is 10.6 Å². The molecule has 2 aromatic rings. The molecule has 1 heterocycles. The molecule has 0 radical (unpaired) electrons. The first-order valence-electron chi connectivity index (χ1n) is 7.18. The lowest BCUT2D eigenvalue weighted by atomic mass is 10.0. The number of aromatic nitrogens is 2. The molecule has 0 unspecified atom stereocenters. The molecule has 5 nitrogen and oxygen atoms in total. The van der Waals surface area contributed by atoms with Gasteiger partial charge in [-0.25, -0.2) is 4.79 Å². The molecule has 2 amide bonds. The summed E-state index contributed by atoms with van der Waals surface area (Å²) in [6, 6.07) is 9.69. The molecule has 0 aliphatic rings. The Hall–Kier alpha value is -2.30. The van der Waals surface area contributed by atoms with E-state index in [1.807, 2.05) is 36.0 Å². The maximum Gasteiger partial charge on any atom is 0.319 e. The summed E-state index contributed by atoms with van der Waals surface area (Å²) in [5, 5.41) is 9.81. The molecule has 1 aromatic carbocycles. The third-order valence-electron chi connectivity index (χ3n) is 3.40. The fourth-order valence-corrected chi connectivity index (χ4v) is 2.10. The quantitative estimate of drug-likeness (QED) is 0.888. The van der Waals surface area contributed by atoms with Crippen molar-refractivity contribution in [1.29, 1.82) is 0 Å². The molecule has 112 valence electrons. The molecule has 0 aliphatic heterocycles. The number of urea groups is 1. The summed E-state index contributed by atoms with van der Waals surface area (Å²) in [6.07, 6.45) is 2.52. The fourth-order valence-electron chi connectivity index (χ4n) is 2.10. The number of hydrogen-bond acceptors (Lipinski definition) is 2. The Labute approximate surface area is 125 Å². The number of rotatable bonds is 5. The molecule has 0 fully saturated rings. The lowest BCUT2D eigenvalue weighted by molar-refractivity contribution is 0.252. The van der Waals surface area contributed by atoms with Crippen LogP contribution in [0.1, 0.15) is 31.0 Å². The highest BCUT2D eigenvalue weighted by Crippen LogP contribution is 2.18. The van der Waals surface area contributed by atoms with Crippen LogP contribution in [0.5, 0.6) is 0 Å². The molecule has 2 N–H and O–H groups in total. The van der Waals surface area contributed by atoms with Crippen LogP contribution in [0, 0.1) is 0 Å². The van der Waals surface area contributed by atoms with Crippen molar-refractivity contribution in [2.45, 2.75) is 26.2 Å². The van der Waals surface area contributed by atoms with Crippen LogP contribution >= 0.6 is 0 Å². The van der Waals surface area contributed by atoms with Gasteiger partial charge >= 0.3 is 6.03 Å². The first kappa shape index (κ1) is 15.1. The van der Waals surface area contributed by atoms with Gasteiger partial charge in [0.2, 0.25) is 0 Å². The number of benzene rings is 1. The van der Waals surface area contributed by atoms with Crippen molar-refractivity contribution < 1.29 is 4.79 Å². The van der Waals surface area contributed by atoms with Crippen LogP contribution in [-0.4, -0.2) is 22.4 Å². The molecule has 0 saturated heterocycles. The van der Waals surface area contributed by atoms with Crippen LogP contribution in [0.4, 0.5) is 10.5 Å². The first-order valence-corrected chi connectivity index (χ1v) is 7.18. The van der Waals surface area contributed by atoms with Gasteiger partial charge in [-0.05, 0) is 29.7 Å². The van der Waals surface area contributed by atoms with E-state index in [-0.39, 0.29) is 6.03 Å². The molecule has 0 bridgehead atoms. The van der Waals surface area contributed by atoms with Crippen LogP contribution in [-0.2, 0) is 13.5 Å². The molecule has 2 rings (SSSR count). The van der Waals surface area contributed by atoms with Crippen molar-refractivity contribution in [3.05, 3.63) is 47.8 Å². The zero-order valence-corrected chi connectivity index (χ0v) is 12.8. The van der Waals surface area contributed by atoms with Crippen LogP contribution in [0.25, 0.3) is 0 Å². The lowest BCUT2D eigenvalue weighted by Crippen LogP contribution is -2.30. The van der Waals surface area contributed by atoms with Gasteiger partial charge in [0.1, 0.15) is 0 Å². The van der Waals surface area contributed by atoms with Crippen molar-refractivity contribution in [3.63, 3.8) is 0 Å². The largest absolute Gasteiger partial charge is 0.337 e. The normalized spacial score (nSPS) is 10.7. The third kappa shape index (κ3) is 4.34. The third-order valence-corrected chi connectivity index (χ3v) is 3.40. The SMILES string of the molecule is CC(C)c1cccc(NC(=O)NCCc2ccnn2C)c1. The van der Waals surface area contributed by atoms with E-state index >= 15 is 0 Å². The molecule has 0 saturated carbocycles. The average Bonchev–Trinajstić information content (AvgIpc) is 2.85. The number of hydrogen-bond donors (Lipinski definition) is 2. The highest BCUT2D eigenvalue weighted by atomic mass is 16.2. The Morgan fingerprint density at radius 3 is 2.81 bits per heavy atom. The minimum atomic E-state index is -0.182. The van der Waals surface area contributed by atoms with E-state index < -0.39 is 0 Å². The van der Waals surface area contributed by atoms with E-state index in [1.165, 1.54) is 5.56 Å². The Kier molecular flexibility index (Phi) is 4.98. The summed E-state index contributed by atoms with van der Waals surface area (Å²) in [5.74, 6) is 0.444. The Bertz CT molecular complexity index is 604. The number of carbonyl (C=O) groups excluding carboxylic acids is 1. The Balaban J connectivity index is 1.82. The van der Waals surface area contributed by atoms with Crippen molar-refractivity contribution in [3.8, 4) is 0 Å². The first-order chi connectivity index (χ1) is 10.1. The molecule has 0 spiro atoms. The number of nitrogens with one attached hydrogen (secondary N) is 2. The Morgan fingerprint density at radius 2 is 2.14 bits per heavy atom. The summed E-state index contributed by atoms with van der Waals surface area (Å²) >= 11 is 0. The van der Waals surface area contributed by atoms with Gasteiger partial charge in [-0.2, -0.15) is 5.10 Å². The van der Waals surface area contributed by atoms with E-state index in [1.54, 1.807) is 6.20 Å². The molecular weight excluding hydrogens is 264 g/mol. The highest BCUT2D eigenvalue weighted by Gasteiger charge is 2.05. The van der Waals surface area contributed by atoms with Crippen LogP contribution in [0.15, 0.2) is 36.5 Å². The molecule has 1 aromatic heterocycles. The number of nitrogens with zero attached hydrogens (tertiary/aromatic N) is 2. The summed E-state index contributed by atoms with van der Waals surface area (Å²) in [6.45, 7) is 4.84. The molecule has 5 heteroatoms. The summed E-state index contributed by atoms with van der Waals surface area (Å²) in [4.78, 5) is 11.9. The predicted octanol–water partition coefficient (Wildman–Crippen LogP) is 2.91. The molecule has 0 aliphatic carbocycles. The van der Waals surface area contributed by atoms with Crippen LogP contribution < -0.4 is 10.6 Å². The van der Waals surface area contributed by atoms with Gasteiger partial charge in [-0.3, -0.25) is 4.68 Å².